The Kier molecular flexibility index (Phi) is 5.41. The standard InChI is InChI=1S/C12H26ClOP/c1-7-9-11(3,4)15(13,14)12(5,6)10-8-2/h7-10H2,1-6H3. The summed E-state index contributed by atoms with van der Waals surface area (Å²) in [5.74, 6) is 0. The molecular weight excluding hydrogens is 227 g/mol. The molecule has 3 heteroatoms. The Morgan fingerprint density at radius 1 is 0.933 bits per heavy atom. The minimum Gasteiger partial charge on any atom is -0.306 e. The molecule has 92 valence electrons. The third-order valence-electron chi connectivity index (χ3n) is 3.28. The first-order valence-corrected chi connectivity index (χ1v) is 8.53. The molecule has 0 N–H and O–H groups in total. The molecule has 0 atom stereocenters. The van der Waals surface area contributed by atoms with Gasteiger partial charge in [-0.3, -0.25) is 0 Å². The van der Waals surface area contributed by atoms with E-state index in [0.717, 1.165) is 25.7 Å². The molecule has 0 saturated heterocycles. The van der Waals surface area contributed by atoms with Gasteiger partial charge in [0.05, 0.1) is 0 Å². The minimum absolute atomic E-state index is 0.248. The second kappa shape index (κ2) is 5.23. The highest BCUT2D eigenvalue weighted by atomic mass is 35.7. The van der Waals surface area contributed by atoms with Crippen LogP contribution in [0.5, 0.6) is 0 Å². The van der Waals surface area contributed by atoms with Crippen LogP contribution >= 0.6 is 17.7 Å². The smallest absolute Gasteiger partial charge is 0.180 e. The summed E-state index contributed by atoms with van der Waals surface area (Å²) in [6.45, 7) is 9.75. The van der Waals surface area contributed by atoms with Gasteiger partial charge in [-0.2, -0.15) is 0 Å². The van der Waals surface area contributed by atoms with E-state index in [1.54, 1.807) is 0 Å². The average Bonchev–Trinajstić information content (AvgIpc) is 2.03. The van der Waals surface area contributed by atoms with Crippen molar-refractivity contribution in [3.8, 4) is 0 Å². The Hall–Kier alpha value is 0.520. The van der Waals surface area contributed by atoms with Gasteiger partial charge in [0.15, 0.2) is 6.49 Å². The lowest BCUT2D eigenvalue weighted by atomic mass is 10.1. The minimum atomic E-state index is -2.66. The number of halogens is 1. The summed E-state index contributed by atoms with van der Waals surface area (Å²) in [7, 11) is 0. The van der Waals surface area contributed by atoms with Crippen molar-refractivity contribution >= 4 is 17.7 Å². The summed E-state index contributed by atoms with van der Waals surface area (Å²) < 4.78 is 12.8. The summed E-state index contributed by atoms with van der Waals surface area (Å²) in [6.07, 6.45) is 3.93. The predicted octanol–water partition coefficient (Wildman–Crippen LogP) is 5.66. The Bertz CT molecular complexity index is 224. The van der Waals surface area contributed by atoms with Gasteiger partial charge in [0.2, 0.25) is 0 Å². The Labute approximate surface area is 100 Å². The third-order valence-corrected chi connectivity index (χ3v) is 9.59. The molecule has 0 aromatic heterocycles. The van der Waals surface area contributed by atoms with E-state index in [9.17, 15) is 4.57 Å². The lowest BCUT2D eigenvalue weighted by molar-refractivity contribution is 0.483. The maximum absolute atomic E-state index is 12.8. The first-order chi connectivity index (χ1) is 6.62. The molecule has 1 nitrogen and oxygen atoms in total. The largest absolute Gasteiger partial charge is 0.306 e. The summed E-state index contributed by atoms with van der Waals surface area (Å²) in [6, 6.07) is 0. The molecule has 0 aliphatic carbocycles. The maximum atomic E-state index is 12.8. The number of rotatable bonds is 6. The van der Waals surface area contributed by atoms with Gasteiger partial charge < -0.3 is 4.57 Å². The first kappa shape index (κ1) is 15.5. The normalized spacial score (nSPS) is 14.3. The van der Waals surface area contributed by atoms with Crippen molar-refractivity contribution < 1.29 is 4.57 Å². The zero-order valence-corrected chi connectivity index (χ0v) is 12.7. The fourth-order valence-corrected chi connectivity index (χ4v) is 5.50. The molecule has 0 spiro atoms. The molecule has 0 bridgehead atoms. The molecule has 0 aromatic rings. The van der Waals surface area contributed by atoms with Gasteiger partial charge in [0.25, 0.3) is 0 Å². The molecule has 0 unspecified atom stereocenters. The summed E-state index contributed by atoms with van der Waals surface area (Å²) in [5, 5.41) is -0.496. The van der Waals surface area contributed by atoms with E-state index in [1.165, 1.54) is 0 Å². The van der Waals surface area contributed by atoms with E-state index in [2.05, 4.69) is 13.8 Å². The van der Waals surface area contributed by atoms with Crippen molar-refractivity contribution in [1.29, 1.82) is 0 Å². The molecule has 15 heavy (non-hydrogen) atoms. The van der Waals surface area contributed by atoms with Crippen molar-refractivity contribution in [2.75, 3.05) is 0 Å². The lowest BCUT2D eigenvalue weighted by Gasteiger charge is -2.40. The second-order valence-corrected chi connectivity index (χ2v) is 10.6. The molecule has 0 saturated carbocycles. The summed E-state index contributed by atoms with van der Waals surface area (Å²) in [4.78, 5) is 0. The highest BCUT2D eigenvalue weighted by Gasteiger charge is 2.48. The highest BCUT2D eigenvalue weighted by molar-refractivity contribution is 7.91. The molecule has 0 aliphatic heterocycles. The molecule has 0 heterocycles. The first-order valence-electron chi connectivity index (χ1n) is 5.92. The zero-order chi connectivity index (χ0) is 12.3. The van der Waals surface area contributed by atoms with Crippen LogP contribution in [-0.4, -0.2) is 10.3 Å². The quantitative estimate of drug-likeness (QED) is 0.558. The van der Waals surface area contributed by atoms with Crippen LogP contribution in [0.3, 0.4) is 0 Å². The van der Waals surface area contributed by atoms with Gasteiger partial charge in [-0.05, 0) is 12.8 Å². The van der Waals surface area contributed by atoms with Gasteiger partial charge in [-0.1, -0.05) is 65.6 Å². The predicted molar refractivity (Wildman–Crippen MR) is 71.4 cm³/mol. The second-order valence-electron chi connectivity index (χ2n) is 5.66. The molecule has 0 radical (unpaired) electrons. The van der Waals surface area contributed by atoms with Gasteiger partial charge in [-0.15, -0.1) is 0 Å². The molecule has 0 aliphatic rings. The third kappa shape index (κ3) is 3.24. The van der Waals surface area contributed by atoms with Crippen LogP contribution in [0, 0.1) is 0 Å². The van der Waals surface area contributed by atoms with Crippen molar-refractivity contribution in [3.05, 3.63) is 0 Å². The molecule has 0 aromatic carbocycles. The van der Waals surface area contributed by atoms with Gasteiger partial charge in [0, 0.05) is 10.3 Å². The monoisotopic (exact) mass is 252 g/mol. The molecular formula is C12H26ClOP. The average molecular weight is 253 g/mol. The van der Waals surface area contributed by atoms with E-state index in [-0.39, 0.29) is 10.3 Å². The van der Waals surface area contributed by atoms with Gasteiger partial charge >= 0.3 is 0 Å². The number of hydrogen-bond acceptors (Lipinski definition) is 1. The zero-order valence-electron chi connectivity index (χ0n) is 11.1. The molecule has 0 fully saturated rings. The van der Waals surface area contributed by atoms with Crippen LogP contribution in [0.1, 0.15) is 67.2 Å². The van der Waals surface area contributed by atoms with Crippen LogP contribution in [0.15, 0.2) is 0 Å². The molecule has 0 rings (SSSR count). The van der Waals surface area contributed by atoms with Crippen LogP contribution < -0.4 is 0 Å². The van der Waals surface area contributed by atoms with Crippen molar-refractivity contribution in [2.24, 2.45) is 0 Å². The lowest BCUT2D eigenvalue weighted by Crippen LogP contribution is -2.30. The Morgan fingerprint density at radius 2 is 1.20 bits per heavy atom. The van der Waals surface area contributed by atoms with Crippen LogP contribution in [-0.2, 0) is 4.57 Å². The van der Waals surface area contributed by atoms with Gasteiger partial charge in [-0.25, -0.2) is 0 Å². The summed E-state index contributed by atoms with van der Waals surface area (Å²) >= 11 is 6.43. The van der Waals surface area contributed by atoms with Crippen LogP contribution in [0.25, 0.3) is 0 Å². The number of hydrogen-bond donors (Lipinski definition) is 0. The fraction of sp³-hybridized carbons (Fsp3) is 1.00. The van der Waals surface area contributed by atoms with E-state index in [0.29, 0.717) is 0 Å². The maximum Gasteiger partial charge on any atom is 0.180 e. The van der Waals surface area contributed by atoms with E-state index < -0.39 is 6.49 Å². The summed E-state index contributed by atoms with van der Waals surface area (Å²) in [5.41, 5.74) is 0. The van der Waals surface area contributed by atoms with Crippen molar-refractivity contribution in [3.63, 3.8) is 0 Å². The van der Waals surface area contributed by atoms with Crippen molar-refractivity contribution in [2.45, 2.75) is 77.5 Å². The Morgan fingerprint density at radius 3 is 1.40 bits per heavy atom. The fourth-order valence-electron chi connectivity index (χ4n) is 2.33. The van der Waals surface area contributed by atoms with Crippen LogP contribution in [0.4, 0.5) is 0 Å². The van der Waals surface area contributed by atoms with Crippen molar-refractivity contribution in [1.82, 2.24) is 0 Å². The Balaban J connectivity index is 5.03. The topological polar surface area (TPSA) is 17.1 Å². The van der Waals surface area contributed by atoms with Crippen LogP contribution in [0.2, 0.25) is 0 Å². The van der Waals surface area contributed by atoms with E-state index >= 15 is 0 Å². The highest BCUT2D eigenvalue weighted by Crippen LogP contribution is 2.73. The van der Waals surface area contributed by atoms with E-state index in [4.69, 9.17) is 11.2 Å². The molecule has 0 amide bonds. The SMILES string of the molecule is CCCC(C)(C)P(=O)(Cl)C(C)(C)CCC. The van der Waals surface area contributed by atoms with Gasteiger partial charge in [0.1, 0.15) is 0 Å². The van der Waals surface area contributed by atoms with E-state index in [1.807, 2.05) is 27.7 Å².